The van der Waals surface area contributed by atoms with Gasteiger partial charge in [-0.15, -0.1) is 0 Å². The van der Waals surface area contributed by atoms with Gasteiger partial charge in [-0.2, -0.15) is 5.10 Å². The molecule has 0 bridgehead atoms. The van der Waals surface area contributed by atoms with Crippen LogP contribution in [0.15, 0.2) is 0 Å². The molecule has 0 unspecified atom stereocenters. The van der Waals surface area contributed by atoms with Crippen LogP contribution in [0.4, 0.5) is 11.5 Å². The minimum Gasteiger partial charge on any atom is -0.385 e. The van der Waals surface area contributed by atoms with Gasteiger partial charge >= 0.3 is 5.69 Å². The molecule has 0 aliphatic carbocycles. The van der Waals surface area contributed by atoms with Gasteiger partial charge in [0.25, 0.3) is 0 Å². The molecule has 0 atom stereocenters. The zero-order valence-electron chi connectivity index (χ0n) is 12.5. The lowest BCUT2D eigenvalue weighted by Gasteiger charge is -2.05. The lowest BCUT2D eigenvalue weighted by Crippen LogP contribution is -2.08. The second-order valence-corrected chi connectivity index (χ2v) is 4.75. The monoisotopic (exact) mass is 284 g/mol. The van der Waals surface area contributed by atoms with E-state index in [1.807, 2.05) is 6.92 Å². The molecule has 0 aliphatic rings. The van der Waals surface area contributed by atoms with E-state index >= 15 is 0 Å². The fourth-order valence-corrected chi connectivity index (χ4v) is 2.12. The molecule has 0 aliphatic heterocycles. The number of nitrogens with one attached hydrogen (secondary N) is 1. The zero-order chi connectivity index (χ0) is 15.0. The number of aromatic nitrogens is 2. The van der Waals surface area contributed by atoms with Crippen molar-refractivity contribution in [1.29, 1.82) is 0 Å². The van der Waals surface area contributed by atoms with Crippen LogP contribution in [0.2, 0.25) is 0 Å². The van der Waals surface area contributed by atoms with Gasteiger partial charge in [0, 0.05) is 27.3 Å². The summed E-state index contributed by atoms with van der Waals surface area (Å²) in [6, 6.07) is 0. The van der Waals surface area contributed by atoms with E-state index in [1.54, 1.807) is 18.8 Å². The molecular formula is C13H24N4O3. The molecule has 1 aromatic rings. The van der Waals surface area contributed by atoms with Crippen molar-refractivity contribution < 1.29 is 9.66 Å². The Morgan fingerprint density at radius 3 is 2.75 bits per heavy atom. The van der Waals surface area contributed by atoms with E-state index in [0.717, 1.165) is 32.3 Å². The lowest BCUT2D eigenvalue weighted by molar-refractivity contribution is -0.384. The highest BCUT2D eigenvalue weighted by Crippen LogP contribution is 2.28. The van der Waals surface area contributed by atoms with Crippen LogP contribution in [0.3, 0.4) is 0 Å². The molecular weight excluding hydrogens is 260 g/mol. The normalized spacial score (nSPS) is 10.8. The second kappa shape index (κ2) is 8.52. The molecule has 0 spiro atoms. The van der Waals surface area contributed by atoms with Crippen molar-refractivity contribution in [3.05, 3.63) is 15.8 Å². The number of nitrogens with zero attached hydrogens (tertiary/aromatic N) is 3. The third-order valence-electron chi connectivity index (χ3n) is 3.08. The first-order valence-electron chi connectivity index (χ1n) is 7.04. The van der Waals surface area contributed by atoms with Gasteiger partial charge in [0.2, 0.25) is 5.82 Å². The SMILES string of the molecule is CCCc1nn(C)c(NCCCCCOC)c1[N+](=O)[O-]. The van der Waals surface area contributed by atoms with Gasteiger partial charge in [0.05, 0.1) is 4.92 Å². The number of unbranched alkanes of at least 4 members (excludes halogenated alkanes) is 2. The summed E-state index contributed by atoms with van der Waals surface area (Å²) in [5, 5.41) is 18.6. The molecule has 0 radical (unpaired) electrons. The number of anilines is 1. The molecule has 1 N–H and O–H groups in total. The third-order valence-corrected chi connectivity index (χ3v) is 3.08. The molecule has 0 saturated heterocycles. The van der Waals surface area contributed by atoms with Gasteiger partial charge < -0.3 is 10.1 Å². The summed E-state index contributed by atoms with van der Waals surface area (Å²) in [5.74, 6) is 0.505. The summed E-state index contributed by atoms with van der Waals surface area (Å²) in [7, 11) is 3.42. The van der Waals surface area contributed by atoms with E-state index in [2.05, 4.69) is 10.4 Å². The topological polar surface area (TPSA) is 82.2 Å². The highest BCUT2D eigenvalue weighted by molar-refractivity contribution is 5.59. The number of nitro groups is 1. The van der Waals surface area contributed by atoms with Crippen LogP contribution in [0.1, 0.15) is 38.3 Å². The number of rotatable bonds is 10. The first kappa shape index (κ1) is 16.4. The zero-order valence-corrected chi connectivity index (χ0v) is 12.5. The van der Waals surface area contributed by atoms with Crippen LogP contribution in [-0.4, -0.2) is 35.0 Å². The van der Waals surface area contributed by atoms with E-state index in [0.29, 0.717) is 24.5 Å². The maximum absolute atomic E-state index is 11.2. The largest absolute Gasteiger partial charge is 0.385 e. The van der Waals surface area contributed by atoms with Crippen molar-refractivity contribution in [2.24, 2.45) is 7.05 Å². The van der Waals surface area contributed by atoms with Crippen LogP contribution in [0, 0.1) is 10.1 Å². The van der Waals surface area contributed by atoms with Crippen molar-refractivity contribution in [2.75, 3.05) is 25.6 Å². The van der Waals surface area contributed by atoms with Crippen LogP contribution in [0.5, 0.6) is 0 Å². The van der Waals surface area contributed by atoms with E-state index in [9.17, 15) is 10.1 Å². The van der Waals surface area contributed by atoms with Crippen molar-refractivity contribution >= 4 is 11.5 Å². The predicted molar refractivity (Wildman–Crippen MR) is 78.1 cm³/mol. The van der Waals surface area contributed by atoms with Crippen LogP contribution >= 0.6 is 0 Å². The molecule has 1 rings (SSSR count). The Kier molecular flexibility index (Phi) is 7.00. The van der Waals surface area contributed by atoms with Crippen molar-refractivity contribution in [1.82, 2.24) is 9.78 Å². The van der Waals surface area contributed by atoms with Gasteiger partial charge in [-0.3, -0.25) is 10.1 Å². The summed E-state index contributed by atoms with van der Waals surface area (Å²) < 4.78 is 6.55. The number of hydrogen-bond acceptors (Lipinski definition) is 5. The molecule has 1 aromatic heterocycles. The minimum atomic E-state index is -0.342. The average molecular weight is 284 g/mol. The Balaban J connectivity index is 2.62. The summed E-state index contributed by atoms with van der Waals surface area (Å²) in [6.45, 7) is 3.45. The number of aryl methyl sites for hydroxylation is 2. The second-order valence-electron chi connectivity index (χ2n) is 4.75. The number of ether oxygens (including phenoxy) is 1. The van der Waals surface area contributed by atoms with Crippen molar-refractivity contribution in [2.45, 2.75) is 39.0 Å². The summed E-state index contributed by atoms with van der Waals surface area (Å²) in [6.07, 6.45) is 4.46. The van der Waals surface area contributed by atoms with E-state index < -0.39 is 0 Å². The molecule has 7 nitrogen and oxygen atoms in total. The third kappa shape index (κ3) is 4.48. The standard InChI is InChI=1S/C13H24N4O3/c1-4-8-11-12(17(18)19)13(16(2)15-11)14-9-6-5-7-10-20-3/h14H,4-10H2,1-3H3. The fraction of sp³-hybridized carbons (Fsp3) is 0.769. The van der Waals surface area contributed by atoms with Gasteiger partial charge in [0.1, 0.15) is 5.69 Å². The number of methoxy groups -OCH3 is 1. The molecule has 0 saturated carbocycles. The van der Waals surface area contributed by atoms with Crippen molar-refractivity contribution in [3.8, 4) is 0 Å². The van der Waals surface area contributed by atoms with Gasteiger partial charge in [-0.1, -0.05) is 13.3 Å². The highest BCUT2D eigenvalue weighted by atomic mass is 16.6. The first-order valence-corrected chi connectivity index (χ1v) is 7.04. The Morgan fingerprint density at radius 2 is 2.15 bits per heavy atom. The number of hydrogen-bond donors (Lipinski definition) is 1. The van der Waals surface area contributed by atoms with Crippen LogP contribution < -0.4 is 5.32 Å². The molecule has 114 valence electrons. The molecule has 0 amide bonds. The summed E-state index contributed by atoms with van der Waals surface area (Å²) >= 11 is 0. The Hall–Kier alpha value is -1.63. The minimum absolute atomic E-state index is 0.117. The molecule has 7 heteroatoms. The van der Waals surface area contributed by atoms with Crippen LogP contribution in [0.25, 0.3) is 0 Å². The van der Waals surface area contributed by atoms with Crippen LogP contribution in [-0.2, 0) is 18.2 Å². The highest BCUT2D eigenvalue weighted by Gasteiger charge is 2.25. The maximum atomic E-state index is 11.2. The van der Waals surface area contributed by atoms with Gasteiger partial charge in [0.15, 0.2) is 0 Å². The first-order chi connectivity index (χ1) is 9.61. The molecule has 1 heterocycles. The lowest BCUT2D eigenvalue weighted by atomic mass is 10.2. The van der Waals surface area contributed by atoms with E-state index in [4.69, 9.17) is 4.74 Å². The molecule has 20 heavy (non-hydrogen) atoms. The Bertz CT molecular complexity index is 431. The fourth-order valence-electron chi connectivity index (χ4n) is 2.12. The smallest absolute Gasteiger partial charge is 0.333 e. The quantitative estimate of drug-likeness (QED) is 0.405. The predicted octanol–water partition coefficient (Wildman–Crippen LogP) is 2.51. The maximum Gasteiger partial charge on any atom is 0.333 e. The van der Waals surface area contributed by atoms with Gasteiger partial charge in [-0.25, -0.2) is 4.68 Å². The Morgan fingerprint density at radius 1 is 1.40 bits per heavy atom. The van der Waals surface area contributed by atoms with Crippen molar-refractivity contribution in [3.63, 3.8) is 0 Å². The van der Waals surface area contributed by atoms with E-state index in [-0.39, 0.29) is 10.6 Å². The average Bonchev–Trinajstić information content (AvgIpc) is 2.70. The molecule has 0 aromatic carbocycles. The summed E-state index contributed by atoms with van der Waals surface area (Å²) in [5.41, 5.74) is 0.674. The molecule has 0 fully saturated rings. The van der Waals surface area contributed by atoms with E-state index in [1.165, 1.54) is 0 Å². The van der Waals surface area contributed by atoms with Gasteiger partial charge in [-0.05, 0) is 25.7 Å². The summed E-state index contributed by atoms with van der Waals surface area (Å²) in [4.78, 5) is 10.9. The Labute approximate surface area is 119 Å².